The van der Waals surface area contributed by atoms with Crippen molar-refractivity contribution in [3.63, 3.8) is 0 Å². The maximum Gasteiger partial charge on any atom is 0.312 e. The molecule has 0 bridgehead atoms. The molecule has 0 saturated carbocycles. The van der Waals surface area contributed by atoms with Crippen molar-refractivity contribution >= 4 is 55.7 Å². The number of benzene rings is 1. The Kier molecular flexibility index (Phi) is 4.12. The van der Waals surface area contributed by atoms with Gasteiger partial charge in [-0.25, -0.2) is 4.98 Å². The number of pyridine rings is 1. The Balaban J connectivity index is 2.34. The predicted octanol–water partition coefficient (Wildman–Crippen LogP) is 4.10. The summed E-state index contributed by atoms with van der Waals surface area (Å²) >= 11 is 5.36. The number of nitro groups is 1. The van der Waals surface area contributed by atoms with Crippen molar-refractivity contribution < 1.29 is 4.92 Å². The second-order valence-electron chi connectivity index (χ2n) is 3.41. The number of nitrogens with zero attached hydrogens (tertiary/aromatic N) is 2. The van der Waals surface area contributed by atoms with E-state index in [1.54, 1.807) is 0 Å². The summed E-state index contributed by atoms with van der Waals surface area (Å²) in [6.45, 7) is 0. The summed E-state index contributed by atoms with van der Waals surface area (Å²) in [5, 5.41) is 13.9. The summed E-state index contributed by atoms with van der Waals surface area (Å²) < 4.78 is 1.67. The van der Waals surface area contributed by atoms with Gasteiger partial charge in [0.2, 0.25) is 5.82 Å². The summed E-state index contributed by atoms with van der Waals surface area (Å²) in [6.07, 6.45) is 1.52. The molecule has 1 heterocycles. The lowest BCUT2D eigenvalue weighted by molar-refractivity contribution is -0.384. The highest BCUT2D eigenvalue weighted by Crippen LogP contribution is 2.28. The van der Waals surface area contributed by atoms with E-state index in [0.717, 1.165) is 9.26 Å². The van der Waals surface area contributed by atoms with Crippen molar-refractivity contribution in [1.82, 2.24) is 4.98 Å². The largest absolute Gasteiger partial charge is 0.334 e. The molecule has 0 atom stereocenters. The smallest absolute Gasteiger partial charge is 0.312 e. The van der Waals surface area contributed by atoms with Crippen molar-refractivity contribution in [2.45, 2.75) is 0 Å². The molecule has 0 fully saturated rings. The summed E-state index contributed by atoms with van der Waals surface area (Å²) in [4.78, 5) is 14.5. The van der Waals surface area contributed by atoms with Crippen LogP contribution in [0.5, 0.6) is 0 Å². The maximum absolute atomic E-state index is 10.9. The van der Waals surface area contributed by atoms with Crippen molar-refractivity contribution in [2.24, 2.45) is 0 Å². The lowest BCUT2D eigenvalue weighted by Crippen LogP contribution is -1.99. The SMILES string of the molecule is O=[N+]([O-])c1cc(Br)cnc1Nc1ccc(I)cc1. The van der Waals surface area contributed by atoms with Gasteiger partial charge >= 0.3 is 5.69 Å². The summed E-state index contributed by atoms with van der Waals surface area (Å²) in [6, 6.07) is 8.92. The van der Waals surface area contributed by atoms with Crippen LogP contribution in [-0.4, -0.2) is 9.91 Å². The third-order valence-corrected chi connectivity index (χ3v) is 3.29. The van der Waals surface area contributed by atoms with E-state index in [2.05, 4.69) is 48.8 Å². The fraction of sp³-hybridized carbons (Fsp3) is 0. The van der Waals surface area contributed by atoms with Crippen LogP contribution in [0.2, 0.25) is 0 Å². The normalized spacial score (nSPS) is 10.1. The van der Waals surface area contributed by atoms with E-state index in [0.29, 0.717) is 4.47 Å². The van der Waals surface area contributed by atoms with Crippen molar-refractivity contribution in [3.8, 4) is 0 Å². The second-order valence-corrected chi connectivity index (χ2v) is 5.57. The monoisotopic (exact) mass is 419 g/mol. The molecule has 2 aromatic rings. The van der Waals surface area contributed by atoms with Crippen LogP contribution >= 0.6 is 38.5 Å². The molecule has 0 aliphatic rings. The van der Waals surface area contributed by atoms with Crippen LogP contribution in [0.3, 0.4) is 0 Å². The molecule has 1 aromatic heterocycles. The Morgan fingerprint density at radius 3 is 2.61 bits per heavy atom. The van der Waals surface area contributed by atoms with Crippen LogP contribution < -0.4 is 5.32 Å². The topological polar surface area (TPSA) is 68.1 Å². The minimum atomic E-state index is -0.465. The summed E-state index contributed by atoms with van der Waals surface area (Å²) in [5.41, 5.74) is 0.691. The third kappa shape index (κ3) is 3.16. The highest BCUT2D eigenvalue weighted by molar-refractivity contribution is 14.1. The van der Waals surface area contributed by atoms with Gasteiger partial charge in [-0.2, -0.15) is 0 Å². The van der Waals surface area contributed by atoms with Gasteiger partial charge in [0.25, 0.3) is 0 Å². The number of hydrogen-bond donors (Lipinski definition) is 1. The molecule has 1 N–H and O–H groups in total. The molecule has 2 rings (SSSR count). The zero-order valence-corrected chi connectivity index (χ0v) is 12.7. The van der Waals surface area contributed by atoms with Crippen LogP contribution in [0.1, 0.15) is 0 Å². The van der Waals surface area contributed by atoms with Crippen LogP contribution in [-0.2, 0) is 0 Å². The minimum Gasteiger partial charge on any atom is -0.334 e. The number of halogens is 2. The number of anilines is 2. The molecule has 0 amide bonds. The van der Waals surface area contributed by atoms with Gasteiger partial charge in [0.05, 0.1) is 4.92 Å². The first kappa shape index (κ1) is 13.2. The molecule has 7 heteroatoms. The Bertz CT molecular complexity index is 589. The number of hydrogen-bond acceptors (Lipinski definition) is 4. The Labute approximate surface area is 125 Å². The van der Waals surface area contributed by atoms with E-state index in [4.69, 9.17) is 0 Å². The van der Waals surface area contributed by atoms with Gasteiger partial charge in [-0.05, 0) is 62.8 Å². The first-order chi connectivity index (χ1) is 8.56. The van der Waals surface area contributed by atoms with Crippen LogP contribution in [0.4, 0.5) is 17.2 Å². The van der Waals surface area contributed by atoms with Gasteiger partial charge in [-0.3, -0.25) is 10.1 Å². The molecule has 18 heavy (non-hydrogen) atoms. The lowest BCUT2D eigenvalue weighted by atomic mass is 10.3. The molecule has 92 valence electrons. The van der Waals surface area contributed by atoms with E-state index in [9.17, 15) is 10.1 Å². The number of rotatable bonds is 3. The van der Waals surface area contributed by atoms with Crippen LogP contribution in [0.25, 0.3) is 0 Å². The minimum absolute atomic E-state index is 0.0667. The standard InChI is InChI=1S/C11H7BrIN3O2/c12-7-5-10(16(17)18)11(14-6-7)15-9-3-1-8(13)2-4-9/h1-6H,(H,14,15). The van der Waals surface area contributed by atoms with Crippen LogP contribution in [0, 0.1) is 13.7 Å². The highest BCUT2D eigenvalue weighted by atomic mass is 127. The predicted molar refractivity (Wildman–Crippen MR) is 81.0 cm³/mol. The summed E-state index contributed by atoms with van der Waals surface area (Å²) in [7, 11) is 0. The molecule has 0 saturated heterocycles. The zero-order valence-electron chi connectivity index (χ0n) is 8.93. The third-order valence-electron chi connectivity index (χ3n) is 2.14. The number of nitrogens with one attached hydrogen (secondary N) is 1. The maximum atomic E-state index is 10.9. The summed E-state index contributed by atoms with van der Waals surface area (Å²) in [5.74, 6) is 0.226. The molecular weight excluding hydrogens is 413 g/mol. The van der Waals surface area contributed by atoms with Crippen molar-refractivity contribution in [3.05, 3.63) is 54.7 Å². The zero-order chi connectivity index (χ0) is 13.1. The van der Waals surface area contributed by atoms with Gasteiger partial charge in [0.15, 0.2) is 0 Å². The molecule has 0 aliphatic heterocycles. The average Bonchev–Trinajstić information content (AvgIpc) is 2.34. The molecule has 0 radical (unpaired) electrons. The highest BCUT2D eigenvalue weighted by Gasteiger charge is 2.15. The first-order valence-corrected chi connectivity index (χ1v) is 6.76. The molecule has 1 aromatic carbocycles. The van der Waals surface area contributed by atoms with Crippen LogP contribution in [0.15, 0.2) is 41.0 Å². The van der Waals surface area contributed by atoms with Gasteiger partial charge in [-0.1, -0.05) is 0 Å². The molecular formula is C11H7BrIN3O2. The van der Waals surface area contributed by atoms with Gasteiger partial charge < -0.3 is 5.32 Å². The average molecular weight is 420 g/mol. The van der Waals surface area contributed by atoms with E-state index in [1.807, 2.05) is 24.3 Å². The van der Waals surface area contributed by atoms with E-state index < -0.39 is 4.92 Å². The Hall–Kier alpha value is -1.22. The first-order valence-electron chi connectivity index (χ1n) is 4.89. The number of aromatic nitrogens is 1. The van der Waals surface area contributed by atoms with Crippen molar-refractivity contribution in [2.75, 3.05) is 5.32 Å². The van der Waals surface area contributed by atoms with Gasteiger partial charge in [-0.15, -0.1) is 0 Å². The van der Waals surface area contributed by atoms with Crippen molar-refractivity contribution in [1.29, 1.82) is 0 Å². The van der Waals surface area contributed by atoms with E-state index in [-0.39, 0.29) is 11.5 Å². The lowest BCUT2D eigenvalue weighted by Gasteiger charge is -2.06. The molecule has 0 spiro atoms. The van der Waals surface area contributed by atoms with Gasteiger partial charge in [0.1, 0.15) is 0 Å². The quantitative estimate of drug-likeness (QED) is 0.462. The Morgan fingerprint density at radius 1 is 1.33 bits per heavy atom. The van der Waals surface area contributed by atoms with E-state index >= 15 is 0 Å². The van der Waals surface area contributed by atoms with E-state index in [1.165, 1.54) is 12.3 Å². The Morgan fingerprint density at radius 2 is 2.00 bits per heavy atom. The fourth-order valence-corrected chi connectivity index (χ4v) is 2.01. The van der Waals surface area contributed by atoms with Gasteiger partial charge in [0, 0.05) is 26.0 Å². The molecule has 0 unspecified atom stereocenters. The molecule has 5 nitrogen and oxygen atoms in total. The second kappa shape index (κ2) is 5.61. The fourth-order valence-electron chi connectivity index (χ4n) is 1.33. The molecule has 0 aliphatic carbocycles.